The van der Waals surface area contributed by atoms with Gasteiger partial charge in [0.2, 0.25) is 0 Å². The third kappa shape index (κ3) is 3.95. The lowest BCUT2D eigenvalue weighted by atomic mass is 10.2. The number of rotatable bonds is 4. The number of hydrogen-bond acceptors (Lipinski definition) is 4. The van der Waals surface area contributed by atoms with Crippen molar-refractivity contribution in [3.05, 3.63) is 52.0 Å². The molecule has 0 amide bonds. The molecule has 3 nitrogen and oxygen atoms in total. The van der Waals surface area contributed by atoms with E-state index in [9.17, 15) is 0 Å². The van der Waals surface area contributed by atoms with Gasteiger partial charge in [0, 0.05) is 36.3 Å². The minimum absolute atomic E-state index is 0.547. The van der Waals surface area contributed by atoms with E-state index in [1.165, 1.54) is 17.7 Å². The highest BCUT2D eigenvalue weighted by molar-refractivity contribution is 7.12. The maximum atomic E-state index is 5.31. The Kier molecular flexibility index (Phi) is 5.23. The zero-order valence-corrected chi connectivity index (χ0v) is 13.6. The summed E-state index contributed by atoms with van der Waals surface area (Å²) >= 11 is 1.69. The Labute approximate surface area is 135 Å². The standard InChI is InChI=1S/C18H20N2OS/c1-21-14-16-8-5-11-20(16)13-17-12-19-18(22-17)10-9-15-6-3-2-4-7-15/h2-4,6-7,12,16H,5,8,11,13-14H2,1H3/t16-/m1/s1. The molecule has 3 rings (SSSR count). The number of hydrogen-bond donors (Lipinski definition) is 0. The molecule has 0 N–H and O–H groups in total. The van der Waals surface area contributed by atoms with Gasteiger partial charge in [-0.15, -0.1) is 11.3 Å². The minimum Gasteiger partial charge on any atom is -0.383 e. The highest BCUT2D eigenvalue weighted by Gasteiger charge is 2.24. The number of aromatic nitrogens is 1. The van der Waals surface area contributed by atoms with Crippen LogP contribution in [0, 0.1) is 11.8 Å². The molecule has 0 spiro atoms. The molecule has 22 heavy (non-hydrogen) atoms. The second-order valence-electron chi connectivity index (χ2n) is 5.47. The summed E-state index contributed by atoms with van der Waals surface area (Å²) in [5.74, 6) is 6.32. The fraction of sp³-hybridized carbons (Fsp3) is 0.389. The zero-order chi connectivity index (χ0) is 15.2. The molecular formula is C18H20N2OS. The molecule has 1 aliphatic heterocycles. The first-order valence-corrected chi connectivity index (χ1v) is 8.41. The Morgan fingerprint density at radius 2 is 2.18 bits per heavy atom. The van der Waals surface area contributed by atoms with E-state index in [4.69, 9.17) is 4.74 Å². The van der Waals surface area contributed by atoms with E-state index >= 15 is 0 Å². The summed E-state index contributed by atoms with van der Waals surface area (Å²) in [6.45, 7) is 2.93. The summed E-state index contributed by atoms with van der Waals surface area (Å²) in [7, 11) is 1.78. The molecule has 2 heterocycles. The summed E-state index contributed by atoms with van der Waals surface area (Å²) in [6.07, 6.45) is 4.45. The van der Waals surface area contributed by atoms with E-state index in [1.54, 1.807) is 18.4 Å². The molecule has 2 aromatic rings. The van der Waals surface area contributed by atoms with Crippen LogP contribution in [0.25, 0.3) is 0 Å². The van der Waals surface area contributed by atoms with Gasteiger partial charge in [-0.25, -0.2) is 4.98 Å². The molecule has 1 saturated heterocycles. The van der Waals surface area contributed by atoms with E-state index in [1.807, 2.05) is 36.5 Å². The van der Waals surface area contributed by atoms with E-state index < -0.39 is 0 Å². The summed E-state index contributed by atoms with van der Waals surface area (Å²) < 4.78 is 5.31. The minimum atomic E-state index is 0.547. The van der Waals surface area contributed by atoms with Crippen molar-refractivity contribution in [2.75, 3.05) is 20.3 Å². The molecule has 0 bridgehead atoms. The molecule has 114 valence electrons. The van der Waals surface area contributed by atoms with Crippen LogP contribution in [0.15, 0.2) is 36.5 Å². The molecule has 0 aliphatic carbocycles. The van der Waals surface area contributed by atoms with E-state index in [2.05, 4.69) is 21.7 Å². The van der Waals surface area contributed by atoms with Crippen LogP contribution < -0.4 is 0 Å². The van der Waals surface area contributed by atoms with E-state index in [-0.39, 0.29) is 0 Å². The van der Waals surface area contributed by atoms with Crippen molar-refractivity contribution in [2.45, 2.75) is 25.4 Å². The Balaban J connectivity index is 1.63. The monoisotopic (exact) mass is 312 g/mol. The van der Waals surface area contributed by atoms with Crippen LogP contribution in [-0.4, -0.2) is 36.2 Å². The quantitative estimate of drug-likeness (QED) is 0.811. The Bertz CT molecular complexity index is 656. The van der Waals surface area contributed by atoms with Crippen LogP contribution in [0.3, 0.4) is 0 Å². The lowest BCUT2D eigenvalue weighted by Gasteiger charge is -2.22. The molecule has 1 aromatic carbocycles. The average molecular weight is 312 g/mol. The Hall–Kier alpha value is -1.67. The van der Waals surface area contributed by atoms with Crippen molar-refractivity contribution in [2.24, 2.45) is 0 Å². The normalized spacial score (nSPS) is 18.1. The molecule has 0 saturated carbocycles. The van der Waals surface area contributed by atoms with Gasteiger partial charge in [-0.2, -0.15) is 0 Å². The van der Waals surface area contributed by atoms with Gasteiger partial charge in [-0.3, -0.25) is 4.90 Å². The zero-order valence-electron chi connectivity index (χ0n) is 12.8. The van der Waals surface area contributed by atoms with Crippen molar-refractivity contribution in [1.29, 1.82) is 0 Å². The van der Waals surface area contributed by atoms with Gasteiger partial charge in [-0.05, 0) is 37.4 Å². The van der Waals surface area contributed by atoms with Crippen LogP contribution >= 0.6 is 11.3 Å². The van der Waals surface area contributed by atoms with Crippen molar-refractivity contribution >= 4 is 11.3 Å². The van der Waals surface area contributed by atoms with Gasteiger partial charge in [0.15, 0.2) is 5.01 Å². The topological polar surface area (TPSA) is 25.4 Å². The third-order valence-corrected chi connectivity index (χ3v) is 4.76. The van der Waals surface area contributed by atoms with E-state index in [0.717, 1.165) is 30.3 Å². The molecule has 1 atom stereocenters. The van der Waals surface area contributed by atoms with Crippen LogP contribution in [0.2, 0.25) is 0 Å². The number of thiazole rings is 1. The number of benzene rings is 1. The Morgan fingerprint density at radius 1 is 1.32 bits per heavy atom. The number of nitrogens with zero attached hydrogens (tertiary/aromatic N) is 2. The fourth-order valence-corrected chi connectivity index (χ4v) is 3.56. The van der Waals surface area contributed by atoms with Crippen LogP contribution in [0.1, 0.15) is 28.3 Å². The number of ether oxygens (including phenoxy) is 1. The van der Waals surface area contributed by atoms with E-state index in [0.29, 0.717) is 6.04 Å². The lowest BCUT2D eigenvalue weighted by molar-refractivity contribution is 0.112. The molecule has 1 aliphatic rings. The van der Waals surface area contributed by atoms with Gasteiger partial charge in [0.05, 0.1) is 6.61 Å². The van der Waals surface area contributed by atoms with Crippen LogP contribution in [-0.2, 0) is 11.3 Å². The van der Waals surface area contributed by atoms with Crippen molar-refractivity contribution in [1.82, 2.24) is 9.88 Å². The predicted octanol–water partition coefficient (Wildman–Crippen LogP) is 3.15. The van der Waals surface area contributed by atoms with Gasteiger partial charge in [0.25, 0.3) is 0 Å². The molecule has 1 aromatic heterocycles. The second kappa shape index (κ2) is 7.55. The summed E-state index contributed by atoms with van der Waals surface area (Å²) in [6, 6.07) is 10.6. The predicted molar refractivity (Wildman–Crippen MR) is 89.8 cm³/mol. The van der Waals surface area contributed by atoms with Crippen molar-refractivity contribution in [3.63, 3.8) is 0 Å². The van der Waals surface area contributed by atoms with Crippen molar-refractivity contribution in [3.8, 4) is 11.8 Å². The molecular weight excluding hydrogens is 292 g/mol. The average Bonchev–Trinajstić information content (AvgIpc) is 3.17. The van der Waals surface area contributed by atoms with Crippen LogP contribution in [0.5, 0.6) is 0 Å². The fourth-order valence-electron chi connectivity index (χ4n) is 2.77. The first kappa shape index (κ1) is 15.2. The first-order valence-electron chi connectivity index (χ1n) is 7.60. The molecule has 0 radical (unpaired) electrons. The maximum absolute atomic E-state index is 5.31. The number of likely N-dealkylation sites (tertiary alicyclic amines) is 1. The highest BCUT2D eigenvalue weighted by atomic mass is 32.1. The molecule has 1 fully saturated rings. The summed E-state index contributed by atoms with van der Waals surface area (Å²) in [5.41, 5.74) is 1.03. The summed E-state index contributed by atoms with van der Waals surface area (Å²) in [4.78, 5) is 8.20. The second-order valence-corrected chi connectivity index (χ2v) is 6.58. The van der Waals surface area contributed by atoms with Crippen LogP contribution in [0.4, 0.5) is 0 Å². The molecule has 4 heteroatoms. The third-order valence-electron chi connectivity index (χ3n) is 3.86. The largest absolute Gasteiger partial charge is 0.383 e. The van der Waals surface area contributed by atoms with Gasteiger partial charge in [0.1, 0.15) is 0 Å². The Morgan fingerprint density at radius 3 is 3.00 bits per heavy atom. The maximum Gasteiger partial charge on any atom is 0.167 e. The smallest absolute Gasteiger partial charge is 0.167 e. The molecule has 0 unspecified atom stereocenters. The van der Waals surface area contributed by atoms with Gasteiger partial charge < -0.3 is 4.74 Å². The summed E-state index contributed by atoms with van der Waals surface area (Å²) in [5, 5.41) is 0.890. The lowest BCUT2D eigenvalue weighted by Crippen LogP contribution is -2.32. The van der Waals surface area contributed by atoms with Crippen molar-refractivity contribution < 1.29 is 4.74 Å². The highest BCUT2D eigenvalue weighted by Crippen LogP contribution is 2.22. The van der Waals surface area contributed by atoms with Gasteiger partial charge >= 0.3 is 0 Å². The number of methoxy groups -OCH3 is 1. The van der Waals surface area contributed by atoms with Gasteiger partial charge in [-0.1, -0.05) is 24.1 Å². The SMILES string of the molecule is COC[C@H]1CCCN1Cc1cnc(C#Cc2ccccc2)s1. The first-order chi connectivity index (χ1) is 10.8.